The predicted octanol–water partition coefficient (Wildman–Crippen LogP) is 5.13. The summed E-state index contributed by atoms with van der Waals surface area (Å²) < 4.78 is 2.83. The second kappa shape index (κ2) is 5.63. The van der Waals surface area contributed by atoms with E-state index in [-0.39, 0.29) is 0 Å². The van der Waals surface area contributed by atoms with E-state index < -0.39 is 0 Å². The number of halogens is 1. The Bertz CT molecular complexity index is 976. The summed E-state index contributed by atoms with van der Waals surface area (Å²) in [7, 11) is 0. The van der Waals surface area contributed by atoms with Crippen molar-refractivity contribution in [1.82, 2.24) is 14.6 Å². The molecule has 0 saturated carbocycles. The molecule has 0 radical (unpaired) electrons. The molecule has 0 unspecified atom stereocenters. The summed E-state index contributed by atoms with van der Waals surface area (Å²) in [6.07, 6.45) is 0. The van der Waals surface area contributed by atoms with Crippen LogP contribution in [-0.2, 0) is 0 Å². The van der Waals surface area contributed by atoms with Crippen molar-refractivity contribution in [2.24, 2.45) is 0 Å². The van der Waals surface area contributed by atoms with Crippen molar-refractivity contribution in [2.75, 3.05) is 0 Å². The number of rotatable bonds is 2. The van der Waals surface area contributed by atoms with Crippen LogP contribution in [0.4, 0.5) is 0 Å². The van der Waals surface area contributed by atoms with E-state index in [1.165, 1.54) is 0 Å². The molecule has 0 N–H and O–H groups in total. The summed E-state index contributed by atoms with van der Waals surface area (Å²) >= 11 is 3.68. The molecule has 3 nitrogen and oxygen atoms in total. The number of hydrogen-bond donors (Lipinski definition) is 0. The molecular formula is C19H14BrN3. The third-order valence-electron chi connectivity index (χ3n) is 3.78. The van der Waals surface area contributed by atoms with Crippen molar-refractivity contribution >= 4 is 21.6 Å². The summed E-state index contributed by atoms with van der Waals surface area (Å²) in [4.78, 5) is 4.66. The van der Waals surface area contributed by atoms with Gasteiger partial charge in [-0.25, -0.2) is 9.50 Å². The Kier molecular flexibility index (Phi) is 3.46. The zero-order valence-electron chi connectivity index (χ0n) is 12.6. The molecule has 0 saturated heterocycles. The van der Waals surface area contributed by atoms with Crippen molar-refractivity contribution in [3.63, 3.8) is 0 Å². The maximum Gasteiger partial charge on any atom is 0.170 e. The van der Waals surface area contributed by atoms with Gasteiger partial charge in [0.1, 0.15) is 5.69 Å². The fourth-order valence-electron chi connectivity index (χ4n) is 2.71. The Labute approximate surface area is 142 Å². The van der Waals surface area contributed by atoms with Gasteiger partial charge < -0.3 is 0 Å². The molecule has 0 spiro atoms. The average Bonchev–Trinajstić information content (AvgIpc) is 2.93. The summed E-state index contributed by atoms with van der Waals surface area (Å²) in [5.74, 6) is 0. The smallest absolute Gasteiger partial charge is 0.170 e. The second-order valence-corrected chi connectivity index (χ2v) is 6.21. The van der Waals surface area contributed by atoms with Gasteiger partial charge in [0.15, 0.2) is 5.65 Å². The first-order chi connectivity index (χ1) is 11.2. The maximum atomic E-state index is 4.81. The molecule has 0 amide bonds. The van der Waals surface area contributed by atoms with Gasteiger partial charge in [0, 0.05) is 16.8 Å². The van der Waals surface area contributed by atoms with Crippen molar-refractivity contribution in [2.45, 2.75) is 6.92 Å². The van der Waals surface area contributed by atoms with Gasteiger partial charge in [-0.05, 0) is 28.9 Å². The molecule has 4 rings (SSSR count). The maximum absolute atomic E-state index is 4.81. The largest absolute Gasteiger partial charge is 0.233 e. The summed E-state index contributed by atoms with van der Waals surface area (Å²) in [5, 5.41) is 4.81. The van der Waals surface area contributed by atoms with E-state index in [0.717, 1.165) is 38.3 Å². The first-order valence-corrected chi connectivity index (χ1v) is 8.20. The Morgan fingerprint density at radius 1 is 0.870 bits per heavy atom. The Morgan fingerprint density at radius 2 is 1.48 bits per heavy atom. The fraction of sp³-hybridized carbons (Fsp3) is 0.0526. The SMILES string of the molecule is Cc1cc(-c2ccccc2)n2nc(-c3ccccc3)c(Br)c2n1. The van der Waals surface area contributed by atoms with Crippen LogP contribution in [0.5, 0.6) is 0 Å². The van der Waals surface area contributed by atoms with E-state index in [1.54, 1.807) is 0 Å². The lowest BCUT2D eigenvalue weighted by Crippen LogP contribution is -1.98. The molecule has 0 aliphatic rings. The van der Waals surface area contributed by atoms with Crippen LogP contribution in [-0.4, -0.2) is 14.6 Å². The zero-order chi connectivity index (χ0) is 15.8. The van der Waals surface area contributed by atoms with Gasteiger partial charge in [0.05, 0.1) is 10.2 Å². The summed E-state index contributed by atoms with van der Waals surface area (Å²) in [5.41, 5.74) is 5.94. The van der Waals surface area contributed by atoms with Gasteiger partial charge in [-0.15, -0.1) is 0 Å². The van der Waals surface area contributed by atoms with Crippen molar-refractivity contribution in [3.05, 3.63) is 76.9 Å². The molecule has 0 bridgehead atoms. The molecule has 2 heterocycles. The molecule has 2 aromatic carbocycles. The standard InChI is InChI=1S/C19H14BrN3/c1-13-12-16(14-8-4-2-5-9-14)23-19(21-13)17(20)18(22-23)15-10-6-3-7-11-15/h2-12H,1H3. The number of fused-ring (bicyclic) bond motifs is 1. The van der Waals surface area contributed by atoms with E-state index in [9.17, 15) is 0 Å². The molecule has 4 heteroatoms. The van der Waals surface area contributed by atoms with E-state index in [4.69, 9.17) is 5.10 Å². The highest BCUT2D eigenvalue weighted by Gasteiger charge is 2.16. The molecule has 0 aliphatic heterocycles. The van der Waals surface area contributed by atoms with E-state index in [2.05, 4.69) is 51.2 Å². The Morgan fingerprint density at radius 3 is 2.13 bits per heavy atom. The van der Waals surface area contributed by atoms with Crippen LogP contribution >= 0.6 is 15.9 Å². The van der Waals surface area contributed by atoms with Gasteiger partial charge in [0.25, 0.3) is 0 Å². The summed E-state index contributed by atoms with van der Waals surface area (Å²) in [6, 6.07) is 22.5. The van der Waals surface area contributed by atoms with Gasteiger partial charge in [-0.3, -0.25) is 0 Å². The van der Waals surface area contributed by atoms with Gasteiger partial charge in [-0.1, -0.05) is 60.7 Å². The van der Waals surface area contributed by atoms with Gasteiger partial charge in [-0.2, -0.15) is 5.10 Å². The van der Waals surface area contributed by atoms with Crippen LogP contribution in [0, 0.1) is 6.92 Å². The number of nitrogens with zero attached hydrogens (tertiary/aromatic N) is 3. The molecular weight excluding hydrogens is 350 g/mol. The van der Waals surface area contributed by atoms with Crippen molar-refractivity contribution in [1.29, 1.82) is 0 Å². The highest BCUT2D eigenvalue weighted by molar-refractivity contribution is 9.10. The number of hydrogen-bond acceptors (Lipinski definition) is 2. The first-order valence-electron chi connectivity index (χ1n) is 7.41. The Balaban J connectivity index is 2.03. The minimum Gasteiger partial charge on any atom is -0.233 e. The molecule has 23 heavy (non-hydrogen) atoms. The van der Waals surface area contributed by atoms with Crippen LogP contribution in [0.15, 0.2) is 71.2 Å². The molecule has 2 aromatic heterocycles. The quantitative estimate of drug-likeness (QED) is 0.493. The average molecular weight is 364 g/mol. The van der Waals surface area contributed by atoms with Crippen LogP contribution in [0.1, 0.15) is 5.69 Å². The topological polar surface area (TPSA) is 30.2 Å². The highest BCUT2D eigenvalue weighted by Crippen LogP contribution is 2.32. The molecule has 0 fully saturated rings. The van der Waals surface area contributed by atoms with E-state index in [0.29, 0.717) is 0 Å². The van der Waals surface area contributed by atoms with Crippen molar-refractivity contribution in [3.8, 4) is 22.5 Å². The molecule has 0 aliphatic carbocycles. The predicted molar refractivity (Wildman–Crippen MR) is 96.3 cm³/mol. The van der Waals surface area contributed by atoms with Crippen LogP contribution in [0.3, 0.4) is 0 Å². The lowest BCUT2D eigenvalue weighted by molar-refractivity contribution is 0.942. The monoisotopic (exact) mass is 363 g/mol. The fourth-order valence-corrected chi connectivity index (χ4v) is 3.27. The summed E-state index contributed by atoms with van der Waals surface area (Å²) in [6.45, 7) is 2.01. The second-order valence-electron chi connectivity index (χ2n) is 5.41. The Hall–Kier alpha value is -2.46. The molecule has 4 aromatic rings. The van der Waals surface area contributed by atoms with Crippen molar-refractivity contribution < 1.29 is 0 Å². The third kappa shape index (κ3) is 2.45. The number of aryl methyl sites for hydroxylation is 1. The van der Waals surface area contributed by atoms with Gasteiger partial charge >= 0.3 is 0 Å². The molecule has 0 atom stereocenters. The number of aromatic nitrogens is 3. The molecule has 112 valence electrons. The third-order valence-corrected chi connectivity index (χ3v) is 4.51. The lowest BCUT2D eigenvalue weighted by Gasteiger charge is -2.06. The van der Waals surface area contributed by atoms with Crippen LogP contribution < -0.4 is 0 Å². The first kappa shape index (κ1) is 14.2. The normalized spacial score (nSPS) is 11.0. The minimum atomic E-state index is 0.836. The van der Waals surface area contributed by atoms with Crippen LogP contribution in [0.2, 0.25) is 0 Å². The lowest BCUT2D eigenvalue weighted by atomic mass is 10.1. The highest BCUT2D eigenvalue weighted by atomic mass is 79.9. The number of benzene rings is 2. The van der Waals surface area contributed by atoms with Crippen LogP contribution in [0.25, 0.3) is 28.2 Å². The van der Waals surface area contributed by atoms with E-state index >= 15 is 0 Å². The minimum absolute atomic E-state index is 0.836. The van der Waals surface area contributed by atoms with E-state index in [1.807, 2.05) is 47.8 Å². The zero-order valence-corrected chi connectivity index (χ0v) is 14.2. The van der Waals surface area contributed by atoms with Gasteiger partial charge in [0.2, 0.25) is 0 Å².